The topological polar surface area (TPSA) is 74.2 Å². The van der Waals surface area contributed by atoms with Crippen LogP contribution in [0.3, 0.4) is 0 Å². The minimum absolute atomic E-state index is 0.368. The Morgan fingerprint density at radius 3 is 2.81 bits per heavy atom. The van der Waals surface area contributed by atoms with Gasteiger partial charge in [0.15, 0.2) is 5.82 Å². The number of aromatic nitrogens is 2. The Morgan fingerprint density at radius 2 is 2.12 bits per heavy atom. The monoisotopic (exact) mass is 225 g/mol. The Balaban J connectivity index is 2.05. The minimum Gasteiger partial charge on any atom is -0.384 e. The molecule has 0 aromatic carbocycles. The molecular formula is C11H19N3O2. The maximum atomic E-state index is 6.31. The summed E-state index contributed by atoms with van der Waals surface area (Å²) in [4.78, 5) is 4.36. The fourth-order valence-electron chi connectivity index (χ4n) is 2.15. The first kappa shape index (κ1) is 11.5. The van der Waals surface area contributed by atoms with Gasteiger partial charge in [0.1, 0.15) is 0 Å². The first-order chi connectivity index (χ1) is 7.74. The van der Waals surface area contributed by atoms with Crippen molar-refractivity contribution in [2.45, 2.75) is 44.1 Å². The van der Waals surface area contributed by atoms with Crippen molar-refractivity contribution in [1.29, 1.82) is 0 Å². The zero-order valence-corrected chi connectivity index (χ0v) is 9.74. The molecule has 5 nitrogen and oxygen atoms in total. The molecule has 0 amide bonds. The minimum atomic E-state index is -0.368. The van der Waals surface area contributed by atoms with Crippen LogP contribution in [0.4, 0.5) is 0 Å². The number of nitrogens with zero attached hydrogens (tertiary/aromatic N) is 2. The van der Waals surface area contributed by atoms with Gasteiger partial charge in [-0.15, -0.1) is 0 Å². The number of nitrogens with two attached hydrogens (primary N) is 1. The predicted molar refractivity (Wildman–Crippen MR) is 58.8 cm³/mol. The molecule has 0 bridgehead atoms. The van der Waals surface area contributed by atoms with Crippen molar-refractivity contribution in [1.82, 2.24) is 10.1 Å². The Morgan fingerprint density at radius 1 is 1.38 bits per heavy atom. The Bertz CT molecular complexity index is 332. The maximum Gasteiger partial charge on any atom is 0.229 e. The third-order valence-corrected chi connectivity index (χ3v) is 3.18. The molecule has 1 heterocycles. The van der Waals surface area contributed by atoms with Gasteiger partial charge in [-0.2, -0.15) is 4.98 Å². The van der Waals surface area contributed by atoms with Crippen molar-refractivity contribution in [3.05, 3.63) is 11.7 Å². The molecule has 1 aliphatic carbocycles. The second-order valence-electron chi connectivity index (χ2n) is 4.47. The number of ether oxygens (including phenoxy) is 1. The zero-order chi connectivity index (χ0) is 11.4. The third kappa shape index (κ3) is 2.41. The Hall–Kier alpha value is -0.940. The summed E-state index contributed by atoms with van der Waals surface area (Å²) < 4.78 is 10.1. The molecular weight excluding hydrogens is 206 g/mol. The van der Waals surface area contributed by atoms with Crippen molar-refractivity contribution in [3.8, 4) is 0 Å². The van der Waals surface area contributed by atoms with Gasteiger partial charge in [-0.25, -0.2) is 0 Å². The van der Waals surface area contributed by atoms with Gasteiger partial charge >= 0.3 is 0 Å². The van der Waals surface area contributed by atoms with Crippen LogP contribution in [0.15, 0.2) is 4.52 Å². The Kier molecular flexibility index (Phi) is 3.56. The number of rotatable bonds is 4. The van der Waals surface area contributed by atoms with E-state index in [1.165, 1.54) is 6.42 Å². The number of hydrogen-bond donors (Lipinski definition) is 1. The molecule has 0 unspecified atom stereocenters. The van der Waals surface area contributed by atoms with Gasteiger partial charge in [0.05, 0.1) is 18.6 Å². The van der Waals surface area contributed by atoms with Crippen LogP contribution in [0.1, 0.15) is 43.8 Å². The van der Waals surface area contributed by atoms with Gasteiger partial charge in [-0.3, -0.25) is 0 Å². The lowest BCUT2D eigenvalue weighted by molar-refractivity contribution is 0.191. The van der Waals surface area contributed by atoms with Crippen molar-refractivity contribution in [2.24, 2.45) is 5.73 Å². The van der Waals surface area contributed by atoms with Crippen LogP contribution in [0, 0.1) is 0 Å². The lowest BCUT2D eigenvalue weighted by Gasteiger charge is -2.29. The highest BCUT2D eigenvalue weighted by molar-refractivity contribution is 5.05. The molecule has 90 valence electrons. The maximum absolute atomic E-state index is 6.31. The van der Waals surface area contributed by atoms with Gasteiger partial charge in [0.2, 0.25) is 5.89 Å². The van der Waals surface area contributed by atoms with Gasteiger partial charge in [-0.1, -0.05) is 24.4 Å². The number of methoxy groups -OCH3 is 1. The molecule has 0 saturated heterocycles. The highest BCUT2D eigenvalue weighted by atomic mass is 16.5. The lowest BCUT2D eigenvalue weighted by Crippen LogP contribution is -2.39. The van der Waals surface area contributed by atoms with Crippen molar-refractivity contribution < 1.29 is 9.26 Å². The van der Waals surface area contributed by atoms with E-state index in [0.717, 1.165) is 25.7 Å². The van der Waals surface area contributed by atoms with Gasteiger partial charge < -0.3 is 15.0 Å². The van der Waals surface area contributed by atoms with Crippen molar-refractivity contribution in [3.63, 3.8) is 0 Å². The standard InChI is InChI=1S/C11H19N3O2/c1-15-8-5-9-13-10(14-16-9)11(12)6-3-2-4-7-11/h2-8,12H2,1H3. The smallest absolute Gasteiger partial charge is 0.229 e. The van der Waals surface area contributed by atoms with Gasteiger partial charge in [0.25, 0.3) is 0 Å². The average molecular weight is 225 g/mol. The first-order valence-electron chi connectivity index (χ1n) is 5.85. The van der Waals surface area contributed by atoms with Crippen LogP contribution in [-0.4, -0.2) is 23.9 Å². The predicted octanol–water partition coefficient (Wildman–Crippen LogP) is 1.38. The molecule has 0 aliphatic heterocycles. The van der Waals surface area contributed by atoms with E-state index in [0.29, 0.717) is 24.7 Å². The average Bonchev–Trinajstić information content (AvgIpc) is 2.77. The van der Waals surface area contributed by atoms with E-state index >= 15 is 0 Å². The van der Waals surface area contributed by atoms with Crippen LogP contribution in [0.5, 0.6) is 0 Å². The van der Waals surface area contributed by atoms with E-state index in [1.807, 2.05) is 0 Å². The van der Waals surface area contributed by atoms with Crippen LogP contribution in [0.2, 0.25) is 0 Å². The molecule has 5 heteroatoms. The number of hydrogen-bond acceptors (Lipinski definition) is 5. The third-order valence-electron chi connectivity index (χ3n) is 3.18. The molecule has 1 aromatic rings. The molecule has 0 spiro atoms. The molecule has 2 N–H and O–H groups in total. The second-order valence-corrected chi connectivity index (χ2v) is 4.47. The summed E-state index contributed by atoms with van der Waals surface area (Å²) >= 11 is 0. The molecule has 1 aromatic heterocycles. The SMILES string of the molecule is COCCc1nc(C2(N)CCCCC2)no1. The summed E-state index contributed by atoms with van der Waals surface area (Å²) in [5, 5.41) is 4.00. The van der Waals surface area contributed by atoms with E-state index in [4.69, 9.17) is 15.0 Å². The van der Waals surface area contributed by atoms with E-state index in [2.05, 4.69) is 10.1 Å². The molecule has 16 heavy (non-hydrogen) atoms. The highest BCUT2D eigenvalue weighted by Gasteiger charge is 2.34. The normalized spacial score (nSPS) is 19.9. The molecule has 0 atom stereocenters. The molecule has 0 radical (unpaired) electrons. The Labute approximate surface area is 95.3 Å². The van der Waals surface area contributed by atoms with Crippen LogP contribution >= 0.6 is 0 Å². The molecule has 1 fully saturated rings. The molecule has 1 aliphatic rings. The summed E-state index contributed by atoms with van der Waals surface area (Å²) in [5.74, 6) is 1.28. The summed E-state index contributed by atoms with van der Waals surface area (Å²) in [5.41, 5.74) is 5.94. The summed E-state index contributed by atoms with van der Waals surface area (Å²) in [6.07, 6.45) is 6.12. The van der Waals surface area contributed by atoms with Gasteiger partial charge in [-0.05, 0) is 12.8 Å². The van der Waals surface area contributed by atoms with Crippen LogP contribution < -0.4 is 5.73 Å². The van der Waals surface area contributed by atoms with E-state index in [9.17, 15) is 0 Å². The van der Waals surface area contributed by atoms with E-state index in [1.54, 1.807) is 7.11 Å². The lowest BCUT2D eigenvalue weighted by atomic mass is 9.82. The largest absolute Gasteiger partial charge is 0.384 e. The van der Waals surface area contributed by atoms with E-state index < -0.39 is 0 Å². The summed E-state index contributed by atoms with van der Waals surface area (Å²) in [6.45, 7) is 0.596. The molecule has 2 rings (SSSR count). The highest BCUT2D eigenvalue weighted by Crippen LogP contribution is 2.32. The van der Waals surface area contributed by atoms with Crippen LogP contribution in [-0.2, 0) is 16.7 Å². The van der Waals surface area contributed by atoms with Crippen LogP contribution in [0.25, 0.3) is 0 Å². The van der Waals surface area contributed by atoms with Crippen molar-refractivity contribution in [2.75, 3.05) is 13.7 Å². The van der Waals surface area contributed by atoms with E-state index in [-0.39, 0.29) is 5.54 Å². The van der Waals surface area contributed by atoms with Crippen molar-refractivity contribution >= 4 is 0 Å². The first-order valence-corrected chi connectivity index (χ1v) is 5.85. The van der Waals surface area contributed by atoms with Gasteiger partial charge in [0, 0.05) is 7.11 Å². The quantitative estimate of drug-likeness (QED) is 0.837. The fourth-order valence-corrected chi connectivity index (χ4v) is 2.15. The fraction of sp³-hybridized carbons (Fsp3) is 0.818. The summed E-state index contributed by atoms with van der Waals surface area (Å²) in [7, 11) is 1.66. The summed E-state index contributed by atoms with van der Waals surface area (Å²) in [6, 6.07) is 0. The second kappa shape index (κ2) is 4.93. The molecule has 1 saturated carbocycles. The zero-order valence-electron chi connectivity index (χ0n) is 9.74.